The SMILES string of the molecule is CN(C)Cc1cc(-c2cc(Cl)sc2C(=O)c2sc(Cl)cc2-c2cc(CN(C)C)c(O)c(C(C)(C)C)c2)cc(C(C)(C)C)c1O. The molecular formula is C35H42Cl2N2O3S2. The maximum atomic E-state index is 14.5. The largest absolute Gasteiger partial charge is 0.507 e. The van der Waals surface area contributed by atoms with E-state index in [1.165, 1.54) is 22.7 Å². The summed E-state index contributed by atoms with van der Waals surface area (Å²) in [4.78, 5) is 19.5. The average Bonchev–Trinajstić information content (AvgIpc) is 3.46. The molecule has 0 saturated heterocycles. The number of carbonyl (C=O) groups is 1. The van der Waals surface area contributed by atoms with E-state index in [1.54, 1.807) is 0 Å². The van der Waals surface area contributed by atoms with E-state index in [1.807, 2.05) is 74.4 Å². The Balaban J connectivity index is 1.92. The minimum absolute atomic E-state index is 0.164. The Bertz CT molecular complexity index is 1580. The topological polar surface area (TPSA) is 64.0 Å². The van der Waals surface area contributed by atoms with Crippen LogP contribution in [0.25, 0.3) is 22.3 Å². The molecule has 0 fully saturated rings. The molecule has 2 aromatic carbocycles. The first-order valence-electron chi connectivity index (χ1n) is 14.4. The minimum Gasteiger partial charge on any atom is -0.507 e. The second-order valence-corrected chi connectivity index (χ2v) is 17.3. The standard InChI is InChI=1S/C35H42Cl2N2O3S2/c1-34(2,3)25-13-19(11-21(29(25)40)17-38(7)8)23-15-27(36)43-32(23)31(42)33-24(16-28(37)44-33)20-12-22(18-39(9)10)30(41)26(14-20)35(4,5)6/h11-16,40-41H,17-18H2,1-10H3. The number of carbonyl (C=O) groups excluding carboxylic acids is 1. The van der Waals surface area contributed by atoms with Crippen LogP contribution < -0.4 is 0 Å². The van der Waals surface area contributed by atoms with E-state index in [2.05, 4.69) is 41.5 Å². The normalized spacial score (nSPS) is 12.5. The number of rotatable bonds is 8. The number of phenolic OH excluding ortho intramolecular Hbond substituents is 2. The van der Waals surface area contributed by atoms with Crippen LogP contribution in [0, 0.1) is 0 Å². The fourth-order valence-corrected chi connectivity index (χ4v) is 7.81. The van der Waals surface area contributed by atoms with E-state index in [9.17, 15) is 15.0 Å². The van der Waals surface area contributed by atoms with Crippen molar-refractivity contribution < 1.29 is 15.0 Å². The molecule has 236 valence electrons. The number of thiophene rings is 2. The summed E-state index contributed by atoms with van der Waals surface area (Å²) in [5.41, 5.74) is 5.62. The Morgan fingerprint density at radius 1 is 0.659 bits per heavy atom. The van der Waals surface area contributed by atoms with Gasteiger partial charge in [0.15, 0.2) is 0 Å². The van der Waals surface area contributed by atoms with Gasteiger partial charge < -0.3 is 20.0 Å². The summed E-state index contributed by atoms with van der Waals surface area (Å²) in [5.74, 6) is 0.377. The summed E-state index contributed by atoms with van der Waals surface area (Å²) < 4.78 is 1.00. The summed E-state index contributed by atoms with van der Waals surface area (Å²) in [6.07, 6.45) is 0. The van der Waals surface area contributed by atoms with Crippen LogP contribution in [0.1, 0.15) is 78.3 Å². The van der Waals surface area contributed by atoms with Gasteiger partial charge in [0, 0.05) is 46.5 Å². The molecule has 4 rings (SSSR count). The monoisotopic (exact) mass is 672 g/mol. The van der Waals surface area contributed by atoms with Gasteiger partial charge >= 0.3 is 0 Å². The highest BCUT2D eigenvalue weighted by molar-refractivity contribution is 7.22. The molecule has 9 heteroatoms. The van der Waals surface area contributed by atoms with Crippen LogP contribution in [-0.4, -0.2) is 54.0 Å². The van der Waals surface area contributed by atoms with Gasteiger partial charge in [-0.3, -0.25) is 4.79 Å². The lowest BCUT2D eigenvalue weighted by atomic mass is 9.82. The fraction of sp³-hybridized carbons (Fsp3) is 0.400. The second kappa shape index (κ2) is 12.8. The lowest BCUT2D eigenvalue weighted by Crippen LogP contribution is -2.16. The number of phenols is 2. The molecule has 0 radical (unpaired) electrons. The molecule has 0 bridgehead atoms. The molecular weight excluding hydrogens is 631 g/mol. The number of aromatic hydroxyl groups is 2. The predicted octanol–water partition coefficient (Wildman–Crippen LogP) is 9.81. The molecule has 0 amide bonds. The average molecular weight is 674 g/mol. The van der Waals surface area contributed by atoms with Gasteiger partial charge in [0.05, 0.1) is 18.4 Å². The number of hydrogen-bond acceptors (Lipinski definition) is 7. The Morgan fingerprint density at radius 2 is 1.00 bits per heavy atom. The van der Waals surface area contributed by atoms with Crippen LogP contribution in [0.15, 0.2) is 36.4 Å². The van der Waals surface area contributed by atoms with Gasteiger partial charge in [-0.2, -0.15) is 0 Å². The Labute approximate surface area is 279 Å². The predicted molar refractivity (Wildman–Crippen MR) is 188 cm³/mol. The van der Waals surface area contributed by atoms with Crippen molar-refractivity contribution in [2.24, 2.45) is 0 Å². The Morgan fingerprint density at radius 3 is 1.30 bits per heavy atom. The maximum absolute atomic E-state index is 14.5. The van der Waals surface area contributed by atoms with E-state index in [-0.39, 0.29) is 28.1 Å². The van der Waals surface area contributed by atoms with E-state index in [4.69, 9.17) is 23.2 Å². The Hall–Kier alpha value is -2.39. The molecule has 2 aromatic heterocycles. The van der Waals surface area contributed by atoms with Crippen LogP contribution in [0.5, 0.6) is 11.5 Å². The van der Waals surface area contributed by atoms with Crippen molar-refractivity contribution in [2.45, 2.75) is 65.5 Å². The molecule has 2 heterocycles. The van der Waals surface area contributed by atoms with Crippen molar-refractivity contribution in [3.63, 3.8) is 0 Å². The van der Waals surface area contributed by atoms with Gasteiger partial charge in [-0.25, -0.2) is 0 Å². The quantitative estimate of drug-likeness (QED) is 0.182. The number of benzene rings is 2. The van der Waals surface area contributed by atoms with Crippen molar-refractivity contribution in [2.75, 3.05) is 28.2 Å². The minimum atomic E-state index is -0.326. The van der Waals surface area contributed by atoms with E-state index in [0.717, 1.165) is 44.5 Å². The van der Waals surface area contributed by atoms with Crippen molar-refractivity contribution in [1.29, 1.82) is 0 Å². The zero-order chi connectivity index (χ0) is 32.9. The third kappa shape index (κ3) is 7.35. The Kier molecular flexibility index (Phi) is 10.0. The van der Waals surface area contributed by atoms with E-state index < -0.39 is 0 Å². The first-order valence-corrected chi connectivity index (χ1v) is 16.8. The van der Waals surface area contributed by atoms with Crippen molar-refractivity contribution in [3.05, 3.63) is 77.1 Å². The molecule has 0 unspecified atom stereocenters. The third-order valence-electron chi connectivity index (χ3n) is 7.41. The van der Waals surface area contributed by atoms with Gasteiger partial charge in [0.2, 0.25) is 5.78 Å². The zero-order valence-corrected chi connectivity index (χ0v) is 30.3. The van der Waals surface area contributed by atoms with E-state index in [0.29, 0.717) is 31.5 Å². The molecule has 0 spiro atoms. The fourth-order valence-electron chi connectivity index (χ4n) is 5.36. The maximum Gasteiger partial charge on any atom is 0.214 e. The summed E-state index contributed by atoms with van der Waals surface area (Å²) in [5, 5.41) is 22.4. The van der Waals surface area contributed by atoms with Gasteiger partial charge in [-0.05, 0) is 86.5 Å². The highest BCUT2D eigenvalue weighted by atomic mass is 35.5. The van der Waals surface area contributed by atoms with E-state index >= 15 is 0 Å². The number of ketones is 1. The first-order chi connectivity index (χ1) is 20.3. The van der Waals surface area contributed by atoms with Crippen LogP contribution >= 0.6 is 45.9 Å². The second-order valence-electron chi connectivity index (χ2n) is 14.0. The lowest BCUT2D eigenvalue weighted by molar-refractivity contribution is 0.104. The molecule has 0 aliphatic rings. The third-order valence-corrected chi connectivity index (χ3v) is 9.93. The summed E-state index contributed by atoms with van der Waals surface area (Å²) >= 11 is 15.7. The highest BCUT2D eigenvalue weighted by Crippen LogP contribution is 2.45. The molecule has 5 nitrogen and oxygen atoms in total. The molecule has 2 N–H and O–H groups in total. The summed E-state index contributed by atoms with van der Waals surface area (Å²) in [6, 6.07) is 11.5. The van der Waals surface area contributed by atoms with Crippen LogP contribution in [0.4, 0.5) is 0 Å². The van der Waals surface area contributed by atoms with Gasteiger partial charge in [-0.15, -0.1) is 22.7 Å². The van der Waals surface area contributed by atoms with Gasteiger partial charge in [0.25, 0.3) is 0 Å². The molecule has 4 aromatic rings. The van der Waals surface area contributed by atoms with Crippen molar-refractivity contribution in [3.8, 4) is 33.8 Å². The molecule has 0 aliphatic heterocycles. The number of nitrogens with zero attached hydrogens (tertiary/aromatic N) is 2. The smallest absolute Gasteiger partial charge is 0.214 e. The van der Waals surface area contributed by atoms with Crippen LogP contribution in [-0.2, 0) is 23.9 Å². The highest BCUT2D eigenvalue weighted by Gasteiger charge is 2.29. The van der Waals surface area contributed by atoms with Crippen molar-refractivity contribution >= 4 is 51.7 Å². The number of halogens is 2. The lowest BCUT2D eigenvalue weighted by Gasteiger charge is -2.24. The first kappa shape index (κ1) is 34.5. The van der Waals surface area contributed by atoms with Crippen molar-refractivity contribution in [1.82, 2.24) is 9.80 Å². The zero-order valence-electron chi connectivity index (χ0n) is 27.1. The summed E-state index contributed by atoms with van der Waals surface area (Å²) in [7, 11) is 7.83. The van der Waals surface area contributed by atoms with Gasteiger partial charge in [-0.1, -0.05) is 64.7 Å². The molecule has 0 aliphatic carbocycles. The van der Waals surface area contributed by atoms with Crippen LogP contribution in [0.2, 0.25) is 8.67 Å². The molecule has 44 heavy (non-hydrogen) atoms. The number of hydrogen-bond donors (Lipinski definition) is 2. The summed E-state index contributed by atoms with van der Waals surface area (Å²) in [6.45, 7) is 13.5. The molecule has 0 atom stereocenters. The van der Waals surface area contributed by atoms with Gasteiger partial charge in [0.1, 0.15) is 11.5 Å². The molecule has 0 saturated carbocycles. The van der Waals surface area contributed by atoms with Crippen LogP contribution in [0.3, 0.4) is 0 Å².